The minimum Gasteiger partial charge on any atom is -0.354 e. The summed E-state index contributed by atoms with van der Waals surface area (Å²) in [5.41, 5.74) is 1.19. The van der Waals surface area contributed by atoms with Gasteiger partial charge in [0.1, 0.15) is 5.69 Å². The molecule has 1 aromatic carbocycles. The molecule has 0 bridgehead atoms. The van der Waals surface area contributed by atoms with Gasteiger partial charge in [0, 0.05) is 25.0 Å². The van der Waals surface area contributed by atoms with E-state index in [4.69, 9.17) is 0 Å². The lowest BCUT2D eigenvalue weighted by Crippen LogP contribution is -2.09. The molecule has 3 nitrogen and oxygen atoms in total. The van der Waals surface area contributed by atoms with Crippen molar-refractivity contribution in [3.63, 3.8) is 0 Å². The highest BCUT2D eigenvalue weighted by molar-refractivity contribution is 7.13. The highest BCUT2D eigenvalue weighted by atomic mass is 32.1. The van der Waals surface area contributed by atoms with Crippen LogP contribution in [0.3, 0.4) is 0 Å². The van der Waals surface area contributed by atoms with Gasteiger partial charge in [-0.3, -0.25) is 4.79 Å². The standard InChI is InChI=1S/C12H12N2OS/c1-14(2)12-13-10(8-16-12)11(15)9-6-4-3-5-7-9/h3-8H,1-2H3. The number of anilines is 1. The average Bonchev–Trinajstić information content (AvgIpc) is 2.78. The van der Waals surface area contributed by atoms with Crippen LogP contribution in [0.15, 0.2) is 35.7 Å². The molecule has 0 aliphatic heterocycles. The molecule has 0 unspecified atom stereocenters. The lowest BCUT2D eigenvalue weighted by Gasteiger charge is -2.05. The first kappa shape index (κ1) is 10.8. The first-order valence-corrected chi connectivity index (χ1v) is 5.79. The van der Waals surface area contributed by atoms with Gasteiger partial charge in [0.15, 0.2) is 5.13 Å². The molecule has 0 aliphatic rings. The van der Waals surface area contributed by atoms with Gasteiger partial charge in [0.2, 0.25) is 5.78 Å². The summed E-state index contributed by atoms with van der Waals surface area (Å²) < 4.78 is 0. The molecule has 0 N–H and O–H groups in total. The summed E-state index contributed by atoms with van der Waals surface area (Å²) in [4.78, 5) is 18.2. The SMILES string of the molecule is CN(C)c1nc(C(=O)c2ccccc2)cs1. The Bertz CT molecular complexity index is 491. The Morgan fingerprint density at radius 3 is 2.50 bits per heavy atom. The normalized spacial score (nSPS) is 10.1. The second-order valence-electron chi connectivity index (χ2n) is 3.60. The smallest absolute Gasteiger partial charge is 0.212 e. The molecule has 0 aliphatic carbocycles. The van der Waals surface area contributed by atoms with Crippen molar-refractivity contribution in [1.82, 2.24) is 4.98 Å². The van der Waals surface area contributed by atoms with Crippen molar-refractivity contribution in [2.24, 2.45) is 0 Å². The van der Waals surface area contributed by atoms with Crippen LogP contribution in [-0.2, 0) is 0 Å². The van der Waals surface area contributed by atoms with Crippen LogP contribution >= 0.6 is 11.3 Å². The number of aromatic nitrogens is 1. The van der Waals surface area contributed by atoms with E-state index in [1.54, 1.807) is 17.5 Å². The molecule has 2 aromatic rings. The first-order chi connectivity index (χ1) is 7.68. The van der Waals surface area contributed by atoms with E-state index in [0.717, 1.165) is 5.13 Å². The van der Waals surface area contributed by atoms with Crippen LogP contribution in [0.2, 0.25) is 0 Å². The highest BCUT2D eigenvalue weighted by Gasteiger charge is 2.13. The average molecular weight is 232 g/mol. The van der Waals surface area contributed by atoms with Gasteiger partial charge >= 0.3 is 0 Å². The van der Waals surface area contributed by atoms with Crippen LogP contribution in [0.25, 0.3) is 0 Å². The van der Waals surface area contributed by atoms with Crippen molar-refractivity contribution in [3.8, 4) is 0 Å². The first-order valence-electron chi connectivity index (χ1n) is 4.91. The zero-order valence-corrected chi connectivity index (χ0v) is 9.99. The summed E-state index contributed by atoms with van der Waals surface area (Å²) in [5, 5.41) is 2.64. The number of benzene rings is 1. The van der Waals surface area contributed by atoms with Gasteiger partial charge < -0.3 is 4.90 Å². The number of carbonyl (C=O) groups is 1. The minimum absolute atomic E-state index is 0.0232. The number of thiazole rings is 1. The molecule has 0 fully saturated rings. The van der Waals surface area contributed by atoms with E-state index >= 15 is 0 Å². The number of ketones is 1. The molecule has 2 rings (SSSR count). The maximum atomic E-state index is 12.0. The van der Waals surface area contributed by atoms with Gasteiger partial charge in [0.05, 0.1) is 0 Å². The third kappa shape index (κ3) is 2.12. The van der Waals surface area contributed by atoms with E-state index in [2.05, 4.69) is 4.98 Å². The Morgan fingerprint density at radius 1 is 1.25 bits per heavy atom. The Balaban J connectivity index is 2.28. The zero-order valence-electron chi connectivity index (χ0n) is 9.18. The summed E-state index contributed by atoms with van der Waals surface area (Å²) in [6.45, 7) is 0. The third-order valence-electron chi connectivity index (χ3n) is 2.14. The van der Waals surface area contributed by atoms with Crippen molar-refractivity contribution >= 4 is 22.3 Å². The predicted octanol–water partition coefficient (Wildman–Crippen LogP) is 2.44. The fourth-order valence-electron chi connectivity index (χ4n) is 1.31. The highest BCUT2D eigenvalue weighted by Crippen LogP contribution is 2.19. The van der Waals surface area contributed by atoms with E-state index in [9.17, 15) is 4.79 Å². The van der Waals surface area contributed by atoms with Crippen LogP contribution < -0.4 is 4.90 Å². The van der Waals surface area contributed by atoms with Crippen molar-refractivity contribution < 1.29 is 4.79 Å². The molecule has 16 heavy (non-hydrogen) atoms. The number of rotatable bonds is 3. The maximum absolute atomic E-state index is 12.0. The Morgan fingerprint density at radius 2 is 1.94 bits per heavy atom. The van der Waals surface area contributed by atoms with Gasteiger partial charge in [0.25, 0.3) is 0 Å². The Kier molecular flexibility index (Phi) is 3.01. The van der Waals surface area contributed by atoms with Crippen LogP contribution in [0.5, 0.6) is 0 Å². The van der Waals surface area contributed by atoms with Crippen molar-refractivity contribution in [2.75, 3.05) is 19.0 Å². The summed E-state index contributed by atoms with van der Waals surface area (Å²) in [6, 6.07) is 9.20. The Hall–Kier alpha value is -1.68. The van der Waals surface area contributed by atoms with Crippen LogP contribution in [-0.4, -0.2) is 24.9 Å². The molecule has 1 aromatic heterocycles. The van der Waals surface area contributed by atoms with Gasteiger partial charge in [-0.25, -0.2) is 4.98 Å². The van der Waals surface area contributed by atoms with Gasteiger partial charge in [-0.05, 0) is 0 Å². The summed E-state index contributed by atoms with van der Waals surface area (Å²) in [6.07, 6.45) is 0. The van der Waals surface area contributed by atoms with Crippen LogP contribution in [0.4, 0.5) is 5.13 Å². The quantitative estimate of drug-likeness (QED) is 0.762. The fraction of sp³-hybridized carbons (Fsp3) is 0.167. The molecule has 0 atom stereocenters. The number of hydrogen-bond acceptors (Lipinski definition) is 4. The fourth-order valence-corrected chi connectivity index (χ4v) is 2.05. The van der Waals surface area contributed by atoms with Gasteiger partial charge in [-0.1, -0.05) is 30.3 Å². The van der Waals surface area contributed by atoms with E-state index in [1.165, 1.54) is 11.3 Å². The second kappa shape index (κ2) is 4.45. The third-order valence-corrected chi connectivity index (χ3v) is 3.15. The Labute approximate surface area is 98.4 Å². The van der Waals surface area contributed by atoms with Crippen molar-refractivity contribution in [3.05, 3.63) is 47.0 Å². The van der Waals surface area contributed by atoms with Gasteiger partial charge in [-0.2, -0.15) is 0 Å². The zero-order chi connectivity index (χ0) is 11.5. The summed E-state index contributed by atoms with van der Waals surface area (Å²) >= 11 is 1.47. The largest absolute Gasteiger partial charge is 0.354 e. The topological polar surface area (TPSA) is 33.2 Å². The summed E-state index contributed by atoms with van der Waals surface area (Å²) in [5.74, 6) is -0.0232. The molecule has 4 heteroatoms. The molecule has 1 heterocycles. The number of hydrogen-bond donors (Lipinski definition) is 0. The van der Waals surface area contributed by atoms with E-state index in [-0.39, 0.29) is 5.78 Å². The summed E-state index contributed by atoms with van der Waals surface area (Å²) in [7, 11) is 3.82. The maximum Gasteiger partial charge on any atom is 0.212 e. The van der Waals surface area contributed by atoms with Crippen molar-refractivity contribution in [1.29, 1.82) is 0 Å². The van der Waals surface area contributed by atoms with E-state index in [0.29, 0.717) is 11.3 Å². The van der Waals surface area contributed by atoms with Gasteiger partial charge in [-0.15, -0.1) is 11.3 Å². The van der Waals surface area contributed by atoms with Crippen molar-refractivity contribution in [2.45, 2.75) is 0 Å². The second-order valence-corrected chi connectivity index (χ2v) is 4.44. The molecule has 0 saturated carbocycles. The molecule has 0 radical (unpaired) electrons. The molecule has 0 amide bonds. The number of nitrogens with zero attached hydrogens (tertiary/aromatic N) is 2. The van der Waals surface area contributed by atoms with E-state index in [1.807, 2.05) is 37.2 Å². The van der Waals surface area contributed by atoms with E-state index < -0.39 is 0 Å². The molecule has 82 valence electrons. The van der Waals surface area contributed by atoms with Crippen LogP contribution in [0.1, 0.15) is 16.1 Å². The molecular weight excluding hydrogens is 220 g/mol. The lowest BCUT2D eigenvalue weighted by molar-refractivity contribution is 0.103. The number of carbonyl (C=O) groups excluding carboxylic acids is 1. The monoisotopic (exact) mass is 232 g/mol. The molecule has 0 saturated heterocycles. The lowest BCUT2D eigenvalue weighted by atomic mass is 10.1. The molecule has 0 spiro atoms. The molecular formula is C12H12N2OS. The van der Waals surface area contributed by atoms with Crippen LogP contribution in [0, 0.1) is 0 Å². The predicted molar refractivity (Wildman–Crippen MR) is 66.3 cm³/mol. The minimum atomic E-state index is -0.0232.